The highest BCUT2D eigenvalue weighted by atomic mass is 16.5. The van der Waals surface area contributed by atoms with Crippen molar-refractivity contribution >= 4 is 23.2 Å². The molecule has 1 aliphatic rings. The Bertz CT molecular complexity index is 835. The maximum absolute atomic E-state index is 12.8. The lowest BCUT2D eigenvalue weighted by Crippen LogP contribution is -2.24. The Hall–Kier alpha value is -3.02. The Labute approximate surface area is 159 Å². The van der Waals surface area contributed by atoms with Crippen LogP contribution in [-0.4, -0.2) is 31.6 Å². The predicted octanol–water partition coefficient (Wildman–Crippen LogP) is 3.86. The van der Waals surface area contributed by atoms with Gasteiger partial charge in [-0.1, -0.05) is 6.07 Å². The third-order valence-electron chi connectivity index (χ3n) is 4.30. The van der Waals surface area contributed by atoms with E-state index in [1.807, 2.05) is 26.0 Å². The topological polar surface area (TPSA) is 67.9 Å². The molecule has 0 radical (unpaired) electrons. The number of nitrogens with one attached hydrogen (secondary N) is 1. The van der Waals surface area contributed by atoms with Gasteiger partial charge in [0.25, 0.3) is 5.91 Å². The molecule has 0 spiro atoms. The average molecular weight is 368 g/mol. The summed E-state index contributed by atoms with van der Waals surface area (Å²) in [7, 11) is 0. The molecular weight excluding hydrogens is 344 g/mol. The quantitative estimate of drug-likeness (QED) is 0.806. The van der Waals surface area contributed by atoms with Crippen LogP contribution in [0.2, 0.25) is 0 Å². The van der Waals surface area contributed by atoms with Crippen LogP contribution >= 0.6 is 0 Å². The maximum Gasteiger partial charge on any atom is 0.255 e. The Kier molecular flexibility index (Phi) is 5.96. The molecule has 3 rings (SSSR count). The fraction of sp³-hybridized carbons (Fsp3) is 0.333. The minimum Gasteiger partial charge on any atom is -0.494 e. The number of hydrogen-bond acceptors (Lipinski definition) is 4. The van der Waals surface area contributed by atoms with Crippen molar-refractivity contribution in [3.63, 3.8) is 0 Å². The molecule has 1 aliphatic heterocycles. The molecule has 6 heteroatoms. The molecule has 0 saturated carbocycles. The molecule has 142 valence electrons. The molecule has 0 bridgehead atoms. The van der Waals surface area contributed by atoms with Gasteiger partial charge in [0.05, 0.1) is 18.9 Å². The lowest BCUT2D eigenvalue weighted by atomic mass is 10.1. The van der Waals surface area contributed by atoms with Crippen molar-refractivity contribution in [2.24, 2.45) is 0 Å². The number of benzene rings is 2. The van der Waals surface area contributed by atoms with Gasteiger partial charge in [0.15, 0.2) is 0 Å². The molecule has 0 unspecified atom stereocenters. The van der Waals surface area contributed by atoms with Gasteiger partial charge in [-0.3, -0.25) is 9.59 Å². The van der Waals surface area contributed by atoms with Crippen molar-refractivity contribution in [1.29, 1.82) is 0 Å². The standard InChI is InChI=1S/C21H24N2O4/c1-3-26-17-10-11-19(27-4-2)18(14-17)22-21(25)15-7-5-8-16(13-15)23-12-6-9-20(23)24/h5,7-8,10-11,13-14H,3-4,6,9,12H2,1-2H3,(H,22,25). The number of ether oxygens (including phenoxy) is 2. The Morgan fingerprint density at radius 3 is 2.63 bits per heavy atom. The van der Waals surface area contributed by atoms with E-state index in [1.165, 1.54) is 0 Å². The van der Waals surface area contributed by atoms with Crippen LogP contribution < -0.4 is 19.7 Å². The van der Waals surface area contributed by atoms with E-state index in [0.717, 1.165) is 12.1 Å². The summed E-state index contributed by atoms with van der Waals surface area (Å²) in [5.74, 6) is 1.07. The van der Waals surface area contributed by atoms with Gasteiger partial charge in [-0.05, 0) is 50.6 Å². The highest BCUT2D eigenvalue weighted by Gasteiger charge is 2.22. The third-order valence-corrected chi connectivity index (χ3v) is 4.30. The molecule has 0 atom stereocenters. The van der Waals surface area contributed by atoms with Gasteiger partial charge in [0.1, 0.15) is 11.5 Å². The van der Waals surface area contributed by atoms with E-state index in [4.69, 9.17) is 9.47 Å². The zero-order chi connectivity index (χ0) is 19.2. The molecule has 2 aromatic rings. The second-order valence-electron chi connectivity index (χ2n) is 6.18. The molecule has 27 heavy (non-hydrogen) atoms. The summed E-state index contributed by atoms with van der Waals surface area (Å²) >= 11 is 0. The van der Waals surface area contributed by atoms with Crippen LogP contribution in [0.1, 0.15) is 37.0 Å². The average Bonchev–Trinajstić information content (AvgIpc) is 3.10. The van der Waals surface area contributed by atoms with Gasteiger partial charge in [-0.2, -0.15) is 0 Å². The first-order valence-electron chi connectivity index (χ1n) is 9.23. The minimum absolute atomic E-state index is 0.0932. The van der Waals surface area contributed by atoms with E-state index in [9.17, 15) is 9.59 Å². The SMILES string of the molecule is CCOc1ccc(OCC)c(NC(=O)c2cccc(N3CCCC3=O)c2)c1. The number of carbonyl (C=O) groups is 2. The lowest BCUT2D eigenvalue weighted by Gasteiger charge is -2.17. The molecule has 1 N–H and O–H groups in total. The number of rotatable bonds is 7. The fourth-order valence-electron chi connectivity index (χ4n) is 3.08. The van der Waals surface area contributed by atoms with Gasteiger partial charge >= 0.3 is 0 Å². The van der Waals surface area contributed by atoms with Crippen LogP contribution in [0, 0.1) is 0 Å². The Morgan fingerprint density at radius 1 is 1.11 bits per heavy atom. The summed E-state index contributed by atoms with van der Waals surface area (Å²) in [5.41, 5.74) is 1.78. The van der Waals surface area contributed by atoms with E-state index in [1.54, 1.807) is 35.2 Å². The molecule has 2 amide bonds. The van der Waals surface area contributed by atoms with Crippen LogP contribution in [0.25, 0.3) is 0 Å². The largest absolute Gasteiger partial charge is 0.494 e. The molecule has 1 fully saturated rings. The first-order valence-corrected chi connectivity index (χ1v) is 9.23. The van der Waals surface area contributed by atoms with Crippen molar-refractivity contribution in [3.8, 4) is 11.5 Å². The third kappa shape index (κ3) is 4.39. The summed E-state index contributed by atoms with van der Waals surface area (Å²) in [6, 6.07) is 12.4. The molecular formula is C21H24N2O4. The second kappa shape index (κ2) is 8.58. The number of anilines is 2. The van der Waals surface area contributed by atoms with Crippen LogP contribution in [0.15, 0.2) is 42.5 Å². The zero-order valence-electron chi connectivity index (χ0n) is 15.7. The summed E-state index contributed by atoms with van der Waals surface area (Å²) in [4.78, 5) is 26.5. The first-order chi connectivity index (χ1) is 13.1. The van der Waals surface area contributed by atoms with Gasteiger partial charge in [0, 0.05) is 30.3 Å². The van der Waals surface area contributed by atoms with Crippen molar-refractivity contribution in [2.45, 2.75) is 26.7 Å². The van der Waals surface area contributed by atoms with Gasteiger partial charge < -0.3 is 19.7 Å². The summed E-state index contributed by atoms with van der Waals surface area (Å²) in [5, 5.41) is 2.89. The molecule has 1 saturated heterocycles. The highest BCUT2D eigenvalue weighted by Crippen LogP contribution is 2.30. The molecule has 1 heterocycles. The van der Waals surface area contributed by atoms with Crippen LogP contribution in [0.4, 0.5) is 11.4 Å². The monoisotopic (exact) mass is 368 g/mol. The number of nitrogens with zero attached hydrogens (tertiary/aromatic N) is 1. The van der Waals surface area contributed by atoms with E-state index in [0.29, 0.717) is 48.9 Å². The van der Waals surface area contributed by atoms with Gasteiger partial charge in [-0.25, -0.2) is 0 Å². The van der Waals surface area contributed by atoms with Crippen LogP contribution in [-0.2, 0) is 4.79 Å². The molecule has 6 nitrogen and oxygen atoms in total. The van der Waals surface area contributed by atoms with E-state index >= 15 is 0 Å². The fourth-order valence-corrected chi connectivity index (χ4v) is 3.08. The smallest absolute Gasteiger partial charge is 0.255 e. The maximum atomic E-state index is 12.8. The van der Waals surface area contributed by atoms with E-state index in [-0.39, 0.29) is 11.8 Å². The van der Waals surface area contributed by atoms with Crippen molar-refractivity contribution in [1.82, 2.24) is 0 Å². The number of hydrogen-bond donors (Lipinski definition) is 1. The summed E-state index contributed by atoms with van der Waals surface area (Å²) in [6.45, 7) is 5.50. The highest BCUT2D eigenvalue weighted by molar-refractivity contribution is 6.06. The van der Waals surface area contributed by atoms with Crippen LogP contribution in [0.5, 0.6) is 11.5 Å². The minimum atomic E-state index is -0.266. The van der Waals surface area contributed by atoms with Crippen molar-refractivity contribution in [2.75, 3.05) is 30.0 Å². The first kappa shape index (κ1) is 18.8. The van der Waals surface area contributed by atoms with Crippen molar-refractivity contribution < 1.29 is 19.1 Å². The predicted molar refractivity (Wildman–Crippen MR) is 105 cm³/mol. The van der Waals surface area contributed by atoms with E-state index in [2.05, 4.69) is 5.32 Å². The van der Waals surface area contributed by atoms with Gasteiger partial charge in [0.2, 0.25) is 5.91 Å². The Balaban J connectivity index is 1.82. The molecule has 0 aliphatic carbocycles. The van der Waals surface area contributed by atoms with Gasteiger partial charge in [-0.15, -0.1) is 0 Å². The summed E-state index contributed by atoms with van der Waals surface area (Å²) in [6.07, 6.45) is 1.40. The van der Waals surface area contributed by atoms with Crippen LogP contribution in [0.3, 0.4) is 0 Å². The Morgan fingerprint density at radius 2 is 1.93 bits per heavy atom. The van der Waals surface area contributed by atoms with E-state index < -0.39 is 0 Å². The normalized spacial score (nSPS) is 13.6. The summed E-state index contributed by atoms with van der Waals surface area (Å²) < 4.78 is 11.1. The number of amides is 2. The second-order valence-corrected chi connectivity index (χ2v) is 6.18. The lowest BCUT2D eigenvalue weighted by molar-refractivity contribution is -0.117. The van der Waals surface area contributed by atoms with Crippen molar-refractivity contribution in [3.05, 3.63) is 48.0 Å². The molecule has 2 aromatic carbocycles. The molecule has 0 aromatic heterocycles. The number of carbonyl (C=O) groups excluding carboxylic acids is 2. The zero-order valence-corrected chi connectivity index (χ0v) is 15.7.